The molecule has 56 heavy (non-hydrogen) atoms. The highest BCUT2D eigenvalue weighted by Crippen LogP contribution is 2.46. The monoisotopic (exact) mass is 766 g/mol. The Morgan fingerprint density at radius 3 is 0.911 bits per heavy atom. The van der Waals surface area contributed by atoms with Crippen molar-refractivity contribution in [1.82, 2.24) is 19.9 Å². The van der Waals surface area contributed by atoms with E-state index in [1.54, 1.807) is 0 Å². The van der Waals surface area contributed by atoms with Crippen molar-refractivity contribution in [3.63, 3.8) is 0 Å². The van der Waals surface area contributed by atoms with Crippen LogP contribution in [0.4, 0.5) is 0 Å². The molecule has 0 aliphatic carbocycles. The highest BCUT2D eigenvalue weighted by Gasteiger charge is 2.43. The number of hydrogen-bond donors (Lipinski definition) is 0. The maximum atomic E-state index is 5.74. The molecule has 2 aromatic heterocycles. The zero-order valence-corrected chi connectivity index (χ0v) is 37.2. The van der Waals surface area contributed by atoms with Crippen molar-refractivity contribution >= 4 is 92.6 Å². The van der Waals surface area contributed by atoms with Crippen molar-refractivity contribution in [2.75, 3.05) is 0 Å². The molecule has 9 rings (SSSR count). The number of para-hydroxylation sites is 2. The lowest BCUT2D eigenvalue weighted by Gasteiger charge is -2.38. The third-order valence-corrected chi connectivity index (χ3v) is 25.9. The van der Waals surface area contributed by atoms with E-state index >= 15 is 0 Å². The second-order valence-corrected chi connectivity index (χ2v) is 29.1. The minimum absolute atomic E-state index is 0.473. The molecule has 0 N–H and O–H groups in total. The summed E-state index contributed by atoms with van der Waals surface area (Å²) in [7, 11) is -4.31. The van der Waals surface area contributed by atoms with E-state index in [2.05, 4.69) is 167 Å². The molecule has 7 aromatic carbocycles. The fourth-order valence-electron chi connectivity index (χ4n) is 10.8. The van der Waals surface area contributed by atoms with Gasteiger partial charge in [0.05, 0.1) is 33.2 Å². The molecule has 6 heteroatoms. The highest BCUT2D eigenvalue weighted by atomic mass is 28.3. The first-order chi connectivity index (χ1) is 26.7. The van der Waals surface area contributed by atoms with E-state index in [-0.39, 0.29) is 0 Å². The van der Waals surface area contributed by atoms with Gasteiger partial charge in [0.1, 0.15) is 38.2 Å². The minimum atomic E-state index is -2.16. The van der Waals surface area contributed by atoms with Crippen LogP contribution in [0.2, 0.25) is 33.2 Å². The Labute approximate surface area is 334 Å². The van der Waals surface area contributed by atoms with Crippen LogP contribution in [0.1, 0.15) is 94.2 Å². The van der Waals surface area contributed by atoms with Crippen LogP contribution in [0.3, 0.4) is 0 Å². The van der Waals surface area contributed by atoms with E-state index in [4.69, 9.17) is 19.9 Å². The molecule has 0 atom stereocenters. The SMILES string of the molecule is CC(C)[Si](C#Cc1c2nc3ccccc3nc2c(C#C[Si](C(C)C)(C(C)C)C(C)C)c2nc3c(nc12)c1c2ccccc2c3c2ccccc21)(C(C)C)C(C)C. The molecule has 0 spiro atoms. The zero-order chi connectivity index (χ0) is 39.8. The molecular formula is C50H54N4Si2. The number of hydrogen-bond acceptors (Lipinski definition) is 4. The van der Waals surface area contributed by atoms with Gasteiger partial charge in [-0.3, -0.25) is 0 Å². The van der Waals surface area contributed by atoms with Crippen molar-refractivity contribution in [2.24, 2.45) is 0 Å². The van der Waals surface area contributed by atoms with Gasteiger partial charge < -0.3 is 0 Å². The molecular weight excluding hydrogens is 713 g/mol. The van der Waals surface area contributed by atoms with Crippen LogP contribution in [0.15, 0.2) is 72.8 Å². The Hall–Kier alpha value is -4.89. The van der Waals surface area contributed by atoms with Gasteiger partial charge in [-0.25, -0.2) is 19.9 Å². The topological polar surface area (TPSA) is 51.6 Å². The average Bonchev–Trinajstić information content (AvgIpc) is 3.16. The second kappa shape index (κ2) is 13.9. The molecule has 0 amide bonds. The smallest absolute Gasteiger partial charge is 0.146 e. The number of rotatable bonds is 6. The summed E-state index contributed by atoms with van der Waals surface area (Å²) in [6, 6.07) is 25.6. The van der Waals surface area contributed by atoms with Gasteiger partial charge in [0.2, 0.25) is 0 Å². The van der Waals surface area contributed by atoms with E-state index < -0.39 is 16.1 Å². The van der Waals surface area contributed by atoms with Crippen LogP contribution < -0.4 is 0 Å². The summed E-state index contributed by atoms with van der Waals surface area (Å²) in [6.45, 7) is 28.4. The lowest BCUT2D eigenvalue weighted by Crippen LogP contribution is -2.43. The van der Waals surface area contributed by atoms with Gasteiger partial charge in [-0.2, -0.15) is 0 Å². The third-order valence-electron chi connectivity index (χ3n) is 13.4. The molecule has 0 aliphatic heterocycles. The van der Waals surface area contributed by atoms with E-state index in [1.807, 2.05) is 12.1 Å². The fraction of sp³-hybridized carbons (Fsp3) is 0.360. The summed E-state index contributed by atoms with van der Waals surface area (Å²) < 4.78 is 0. The van der Waals surface area contributed by atoms with Crippen molar-refractivity contribution in [3.8, 4) is 22.9 Å². The van der Waals surface area contributed by atoms with Gasteiger partial charge >= 0.3 is 0 Å². The summed E-state index contributed by atoms with van der Waals surface area (Å²) in [5.41, 5.74) is 19.2. The van der Waals surface area contributed by atoms with Crippen molar-refractivity contribution in [1.29, 1.82) is 0 Å². The Kier molecular flexibility index (Phi) is 9.46. The predicted octanol–water partition coefficient (Wildman–Crippen LogP) is 13.9. The standard InChI is InChI=1S/C50H54N4Si2/c1-29(2)55(30(3)4,31(5)6)27-25-39-45-46(52-42-24-18-17-23-41(42)51-45)40(26-28-56(32(7)8,33(9)10)34(11)12)48-47(39)53-49-43-35-19-13-15-21-37(35)44(50(49)54-48)38-22-16-14-20-36(38)43/h13-24,29-34H,1-12H3. The number of aromatic nitrogens is 4. The first-order valence-corrected chi connectivity index (χ1v) is 25.1. The molecule has 0 saturated heterocycles. The van der Waals surface area contributed by atoms with Crippen molar-refractivity contribution < 1.29 is 0 Å². The molecule has 0 unspecified atom stereocenters. The van der Waals surface area contributed by atoms with Gasteiger partial charge in [0.15, 0.2) is 0 Å². The molecule has 9 aromatic rings. The van der Waals surface area contributed by atoms with E-state index in [9.17, 15) is 0 Å². The van der Waals surface area contributed by atoms with Gasteiger partial charge in [-0.15, -0.1) is 11.1 Å². The van der Waals surface area contributed by atoms with Gasteiger partial charge in [-0.05, 0) is 66.9 Å². The lowest BCUT2D eigenvalue weighted by atomic mass is 9.89. The molecule has 0 aliphatic rings. The summed E-state index contributed by atoms with van der Waals surface area (Å²) in [4.78, 5) is 22.3. The molecule has 0 fully saturated rings. The minimum Gasteiger partial charge on any atom is -0.243 e. The van der Waals surface area contributed by atoms with Crippen molar-refractivity contribution in [3.05, 3.63) is 83.9 Å². The number of nitrogens with zero attached hydrogens (tertiary/aromatic N) is 4. The number of fused-ring (bicyclic) bond motifs is 3. The van der Waals surface area contributed by atoms with Crippen LogP contribution in [0.25, 0.3) is 76.5 Å². The molecule has 0 radical (unpaired) electrons. The van der Waals surface area contributed by atoms with Crippen LogP contribution in [-0.2, 0) is 0 Å². The predicted molar refractivity (Wildman–Crippen MR) is 247 cm³/mol. The Balaban J connectivity index is 1.65. The fourth-order valence-corrected chi connectivity index (χ4v) is 21.2. The zero-order valence-electron chi connectivity index (χ0n) is 35.2. The van der Waals surface area contributed by atoms with Gasteiger partial charge in [0, 0.05) is 10.8 Å². The molecule has 2 heterocycles. The maximum absolute atomic E-state index is 5.74. The summed E-state index contributed by atoms with van der Waals surface area (Å²) >= 11 is 0. The summed E-state index contributed by atoms with van der Waals surface area (Å²) in [5.74, 6) is 7.75. The van der Waals surface area contributed by atoms with E-state index in [0.29, 0.717) is 33.2 Å². The van der Waals surface area contributed by atoms with Crippen LogP contribution in [0, 0.1) is 22.9 Å². The Morgan fingerprint density at radius 2 is 0.625 bits per heavy atom. The van der Waals surface area contributed by atoms with Gasteiger partial charge in [0.25, 0.3) is 0 Å². The van der Waals surface area contributed by atoms with E-state index in [1.165, 1.54) is 21.5 Å². The van der Waals surface area contributed by atoms with Crippen molar-refractivity contribution in [2.45, 2.75) is 116 Å². The first kappa shape index (κ1) is 38.0. The maximum Gasteiger partial charge on any atom is 0.146 e. The van der Waals surface area contributed by atoms with Gasteiger partial charge in [-0.1, -0.05) is 156 Å². The molecule has 4 nitrogen and oxygen atoms in total. The Morgan fingerprint density at radius 1 is 0.357 bits per heavy atom. The normalized spacial score (nSPS) is 13.0. The molecule has 0 saturated carbocycles. The molecule has 2 bridgehead atoms. The third kappa shape index (κ3) is 5.47. The van der Waals surface area contributed by atoms with Crippen LogP contribution >= 0.6 is 0 Å². The number of benzene rings is 7. The highest BCUT2D eigenvalue weighted by molar-refractivity contribution is 6.91. The quantitative estimate of drug-likeness (QED) is 0.0961. The second-order valence-electron chi connectivity index (χ2n) is 17.9. The van der Waals surface area contributed by atoms with E-state index in [0.717, 1.165) is 66.0 Å². The lowest BCUT2D eigenvalue weighted by molar-refractivity contribution is 0.838. The summed E-state index contributed by atoms with van der Waals surface area (Å²) in [6.07, 6.45) is 0. The first-order valence-electron chi connectivity index (χ1n) is 20.7. The average molecular weight is 767 g/mol. The van der Waals surface area contributed by atoms with Crippen LogP contribution in [0.5, 0.6) is 0 Å². The van der Waals surface area contributed by atoms with Crippen LogP contribution in [-0.4, -0.2) is 36.1 Å². The molecule has 282 valence electrons. The summed E-state index contributed by atoms with van der Waals surface area (Å²) in [5, 5.41) is 7.08. The Bertz CT molecular complexity index is 2670. The largest absolute Gasteiger partial charge is 0.243 e.